The maximum Gasteiger partial charge on any atom is 0.416 e. The summed E-state index contributed by atoms with van der Waals surface area (Å²) in [6.45, 7) is 3.43. The number of piperazine rings is 1. The molecule has 0 radical (unpaired) electrons. The normalized spacial score (nSPS) is 17.5. The van der Waals surface area contributed by atoms with Gasteiger partial charge in [0.2, 0.25) is 0 Å². The van der Waals surface area contributed by atoms with Crippen molar-refractivity contribution in [2.24, 2.45) is 4.99 Å². The van der Waals surface area contributed by atoms with E-state index in [1.807, 2.05) is 6.07 Å². The number of halogens is 6. The Morgan fingerprint density at radius 1 is 0.953 bits per heavy atom. The maximum absolute atomic E-state index is 13.5. The minimum Gasteiger partial charge on any atom is -0.493 e. The lowest BCUT2D eigenvalue weighted by Gasteiger charge is -2.35. The van der Waals surface area contributed by atoms with Crippen molar-refractivity contribution in [2.75, 3.05) is 33.3 Å². The van der Waals surface area contributed by atoms with E-state index in [1.54, 1.807) is 29.5 Å². The Morgan fingerprint density at radius 2 is 1.72 bits per heavy atom. The lowest BCUT2D eigenvalue weighted by atomic mass is 10.0. The van der Waals surface area contributed by atoms with Crippen LogP contribution in [0.1, 0.15) is 27.1 Å². The van der Waals surface area contributed by atoms with Gasteiger partial charge in [-0.1, -0.05) is 18.2 Å². The highest BCUT2D eigenvalue weighted by Crippen LogP contribution is 2.39. The van der Waals surface area contributed by atoms with Crippen LogP contribution in [-0.4, -0.2) is 54.2 Å². The van der Waals surface area contributed by atoms with Gasteiger partial charge < -0.3 is 14.4 Å². The van der Waals surface area contributed by atoms with Crippen molar-refractivity contribution < 1.29 is 40.6 Å². The van der Waals surface area contributed by atoms with E-state index in [9.17, 15) is 31.1 Å². The Hall–Kier alpha value is -3.49. The summed E-state index contributed by atoms with van der Waals surface area (Å²) >= 11 is 3.00. The molecule has 1 saturated heterocycles. The van der Waals surface area contributed by atoms with E-state index in [-0.39, 0.29) is 23.5 Å². The molecule has 0 atom stereocenters. The van der Waals surface area contributed by atoms with Crippen LogP contribution in [0.5, 0.6) is 11.5 Å². The maximum atomic E-state index is 13.5. The van der Waals surface area contributed by atoms with Crippen LogP contribution in [0.25, 0.3) is 6.08 Å². The van der Waals surface area contributed by atoms with Gasteiger partial charge in [-0.05, 0) is 59.1 Å². The quantitative estimate of drug-likeness (QED) is 0.202. The zero-order valence-corrected chi connectivity index (χ0v) is 24.3. The Balaban J connectivity index is 1.23. The van der Waals surface area contributed by atoms with Crippen LogP contribution in [0.3, 0.4) is 0 Å². The number of hydrogen-bond acceptors (Lipinski definition) is 7. The zero-order valence-electron chi connectivity index (χ0n) is 22.7. The minimum absolute atomic E-state index is 0.0723. The smallest absolute Gasteiger partial charge is 0.416 e. The fourth-order valence-corrected chi connectivity index (χ4v) is 6.31. The molecule has 5 rings (SSSR count). The van der Waals surface area contributed by atoms with E-state index in [1.165, 1.54) is 29.8 Å². The second-order valence-corrected chi connectivity index (χ2v) is 11.8. The fourth-order valence-electron chi connectivity index (χ4n) is 4.60. The van der Waals surface area contributed by atoms with Crippen LogP contribution in [0.4, 0.5) is 26.3 Å². The molecule has 0 N–H and O–H groups in total. The standard InChI is InChI=1S/C29H25F6N3O3S2/c1-40-24-13-18(4-7-23(24)41-17-19-5-6-20(28(30,31)32)15-22(19)29(33,34)35)14-25-26(39)36-27(43-25)38-10-8-37(9-11-38)16-21-3-2-12-42-21/h2-7,12-15H,8-11,16-17H2,1H3/b25-14+. The van der Waals surface area contributed by atoms with Gasteiger partial charge in [-0.15, -0.1) is 11.3 Å². The van der Waals surface area contributed by atoms with Gasteiger partial charge in [0.15, 0.2) is 16.7 Å². The number of benzene rings is 2. The second kappa shape index (κ2) is 12.6. The number of nitrogens with zero attached hydrogens (tertiary/aromatic N) is 3. The number of thioether (sulfide) groups is 1. The predicted octanol–water partition coefficient (Wildman–Crippen LogP) is 7.16. The first kappa shape index (κ1) is 31.0. The Kier molecular flexibility index (Phi) is 9.09. The fraction of sp³-hybridized carbons (Fsp3) is 0.310. The average molecular weight is 642 g/mol. The number of carbonyl (C=O) groups excluding carboxylic acids is 1. The summed E-state index contributed by atoms with van der Waals surface area (Å²) < 4.78 is 90.3. The van der Waals surface area contributed by atoms with Gasteiger partial charge in [0.05, 0.1) is 23.1 Å². The van der Waals surface area contributed by atoms with E-state index in [2.05, 4.69) is 26.2 Å². The molecule has 228 valence electrons. The summed E-state index contributed by atoms with van der Waals surface area (Å²) in [6, 6.07) is 10.2. The van der Waals surface area contributed by atoms with Crippen molar-refractivity contribution >= 4 is 40.2 Å². The van der Waals surface area contributed by atoms with Gasteiger partial charge in [0.1, 0.15) is 6.61 Å². The lowest BCUT2D eigenvalue weighted by molar-refractivity contribution is -0.143. The number of methoxy groups -OCH3 is 1. The Bertz CT molecular complexity index is 1530. The van der Waals surface area contributed by atoms with Crippen LogP contribution >= 0.6 is 23.1 Å². The molecule has 14 heteroatoms. The number of carbonyl (C=O) groups is 1. The SMILES string of the molecule is COc1cc(/C=C2/SC(N3CCN(Cc4cccs4)CC3)=NC2=O)ccc1OCc1ccc(C(F)(F)F)cc1C(F)(F)F. The highest BCUT2D eigenvalue weighted by atomic mass is 32.2. The topological polar surface area (TPSA) is 54.4 Å². The second-order valence-electron chi connectivity index (χ2n) is 9.72. The Morgan fingerprint density at radius 3 is 2.37 bits per heavy atom. The molecule has 0 bridgehead atoms. The van der Waals surface area contributed by atoms with Gasteiger partial charge in [0.25, 0.3) is 5.91 Å². The van der Waals surface area contributed by atoms with Crippen molar-refractivity contribution in [1.82, 2.24) is 9.80 Å². The summed E-state index contributed by atoms with van der Waals surface area (Å²) in [7, 11) is 1.34. The van der Waals surface area contributed by atoms with Gasteiger partial charge in [0, 0.05) is 43.2 Å². The van der Waals surface area contributed by atoms with Crippen molar-refractivity contribution in [3.05, 3.63) is 85.9 Å². The molecule has 0 unspecified atom stereocenters. The molecule has 3 aromatic rings. The molecule has 0 spiro atoms. The van der Waals surface area contributed by atoms with Gasteiger partial charge in [-0.3, -0.25) is 9.69 Å². The molecule has 6 nitrogen and oxygen atoms in total. The van der Waals surface area contributed by atoms with Crippen molar-refractivity contribution in [1.29, 1.82) is 0 Å². The van der Waals surface area contributed by atoms with E-state index in [4.69, 9.17) is 9.47 Å². The highest BCUT2D eigenvalue weighted by Gasteiger charge is 2.38. The first-order chi connectivity index (χ1) is 20.4. The number of rotatable bonds is 7. The third kappa shape index (κ3) is 7.54. The largest absolute Gasteiger partial charge is 0.493 e. The average Bonchev–Trinajstić information content (AvgIpc) is 3.61. The van der Waals surface area contributed by atoms with Crippen molar-refractivity contribution in [3.63, 3.8) is 0 Å². The number of amides is 1. The van der Waals surface area contributed by atoms with Crippen LogP contribution in [0.2, 0.25) is 0 Å². The molecule has 43 heavy (non-hydrogen) atoms. The Labute approximate surface area is 251 Å². The van der Waals surface area contributed by atoms with E-state index < -0.39 is 35.6 Å². The zero-order chi connectivity index (χ0) is 30.8. The molecule has 0 saturated carbocycles. The summed E-state index contributed by atoms with van der Waals surface area (Å²) in [5.74, 6) is -0.115. The molecule has 1 amide bonds. The van der Waals surface area contributed by atoms with Crippen molar-refractivity contribution in [2.45, 2.75) is 25.5 Å². The first-order valence-electron chi connectivity index (χ1n) is 13.0. The van der Waals surface area contributed by atoms with Crippen LogP contribution in [-0.2, 0) is 30.3 Å². The lowest BCUT2D eigenvalue weighted by Crippen LogP contribution is -2.47. The summed E-state index contributed by atoms with van der Waals surface area (Å²) in [5.41, 5.74) is -2.72. The number of hydrogen-bond donors (Lipinski definition) is 0. The molecular formula is C29H25F6N3O3S2. The van der Waals surface area contributed by atoms with Gasteiger partial charge in [-0.2, -0.15) is 31.3 Å². The summed E-state index contributed by atoms with van der Waals surface area (Å²) in [4.78, 5) is 23.0. The van der Waals surface area contributed by atoms with E-state index >= 15 is 0 Å². The van der Waals surface area contributed by atoms with E-state index in [0.717, 1.165) is 38.8 Å². The number of ether oxygens (including phenoxy) is 2. The summed E-state index contributed by atoms with van der Waals surface area (Å²) in [5, 5.41) is 2.69. The minimum atomic E-state index is -5.01. The molecule has 2 aliphatic rings. The molecule has 0 aliphatic carbocycles. The molecule has 3 heterocycles. The summed E-state index contributed by atoms with van der Waals surface area (Å²) in [6.07, 6.45) is -8.29. The third-order valence-electron chi connectivity index (χ3n) is 6.82. The number of aliphatic imine (C=N–C) groups is 1. The van der Waals surface area contributed by atoms with Crippen LogP contribution in [0.15, 0.2) is 63.8 Å². The number of thiophene rings is 1. The number of amidine groups is 1. The molecular weight excluding hydrogens is 616 g/mol. The number of alkyl halides is 6. The third-order valence-corrected chi connectivity index (χ3v) is 8.73. The first-order valence-corrected chi connectivity index (χ1v) is 14.7. The molecule has 1 fully saturated rings. The monoisotopic (exact) mass is 641 g/mol. The van der Waals surface area contributed by atoms with Crippen LogP contribution < -0.4 is 9.47 Å². The molecule has 1 aromatic heterocycles. The van der Waals surface area contributed by atoms with Crippen LogP contribution in [0, 0.1) is 0 Å². The van der Waals surface area contributed by atoms with Gasteiger partial charge in [-0.25, -0.2) is 0 Å². The molecule has 2 aromatic carbocycles. The van der Waals surface area contributed by atoms with Crippen molar-refractivity contribution in [3.8, 4) is 11.5 Å². The predicted molar refractivity (Wildman–Crippen MR) is 153 cm³/mol. The van der Waals surface area contributed by atoms with Gasteiger partial charge >= 0.3 is 12.4 Å². The highest BCUT2D eigenvalue weighted by molar-refractivity contribution is 8.18. The molecule has 2 aliphatic heterocycles. The van der Waals surface area contributed by atoms with E-state index in [0.29, 0.717) is 21.7 Å².